The lowest BCUT2D eigenvalue weighted by Crippen LogP contribution is -2.17. The van der Waals surface area contributed by atoms with Crippen LogP contribution in [-0.2, 0) is 16.0 Å². The van der Waals surface area contributed by atoms with Crippen molar-refractivity contribution in [2.24, 2.45) is 0 Å². The third-order valence-electron chi connectivity index (χ3n) is 1.95. The monoisotopic (exact) mass is 193 g/mol. The van der Waals surface area contributed by atoms with E-state index in [0.29, 0.717) is 13.0 Å². The minimum Gasteiger partial charge on any atom is -0.399 e. The summed E-state index contributed by atoms with van der Waals surface area (Å²) in [5.74, 6) is 0. The molecule has 0 aromatic heterocycles. The molecule has 0 spiro atoms. The first-order chi connectivity index (χ1) is 6.76. The first-order valence-corrected chi connectivity index (χ1v) is 4.67. The summed E-state index contributed by atoms with van der Waals surface area (Å²) in [5, 5.41) is 0. The predicted molar refractivity (Wildman–Crippen MR) is 56.0 cm³/mol. The topological polar surface area (TPSA) is 52.3 Å². The minimum atomic E-state index is -0.344. The van der Waals surface area contributed by atoms with Gasteiger partial charge in [-0.25, -0.2) is 0 Å². The number of benzene rings is 1. The fourth-order valence-electron chi connectivity index (χ4n) is 1.25. The van der Waals surface area contributed by atoms with Gasteiger partial charge >= 0.3 is 0 Å². The number of carbonyl (C=O) groups excluding carboxylic acids is 1. The lowest BCUT2D eigenvalue weighted by atomic mass is 10.1. The minimum absolute atomic E-state index is 0.344. The van der Waals surface area contributed by atoms with Crippen LogP contribution in [0.2, 0.25) is 0 Å². The summed E-state index contributed by atoms with van der Waals surface area (Å²) >= 11 is 0. The van der Waals surface area contributed by atoms with Gasteiger partial charge in [-0.1, -0.05) is 12.1 Å². The zero-order valence-corrected chi connectivity index (χ0v) is 8.27. The third kappa shape index (κ3) is 3.18. The fourth-order valence-corrected chi connectivity index (χ4v) is 1.25. The average molecular weight is 193 g/mol. The molecule has 1 rings (SSSR count). The summed E-state index contributed by atoms with van der Waals surface area (Å²) in [6.07, 6.45) is 1.10. The van der Waals surface area contributed by atoms with Crippen molar-refractivity contribution in [3.8, 4) is 0 Å². The highest BCUT2D eigenvalue weighted by Crippen LogP contribution is 2.08. The zero-order valence-electron chi connectivity index (χ0n) is 8.27. The molecule has 0 saturated heterocycles. The van der Waals surface area contributed by atoms with E-state index in [2.05, 4.69) is 0 Å². The highest BCUT2D eigenvalue weighted by molar-refractivity contribution is 5.57. The van der Waals surface area contributed by atoms with Gasteiger partial charge in [0.1, 0.15) is 12.4 Å². The molecule has 3 nitrogen and oxygen atoms in total. The normalized spacial score (nSPS) is 12.4. The largest absolute Gasteiger partial charge is 0.399 e. The second-order valence-corrected chi connectivity index (χ2v) is 3.08. The van der Waals surface area contributed by atoms with Crippen molar-refractivity contribution in [2.75, 3.05) is 12.3 Å². The van der Waals surface area contributed by atoms with Gasteiger partial charge < -0.3 is 15.3 Å². The lowest BCUT2D eigenvalue weighted by Gasteiger charge is -2.09. The molecule has 0 bridgehead atoms. The number of nitrogens with two attached hydrogens (primary N) is 1. The molecular formula is C11H15NO2. The van der Waals surface area contributed by atoms with Gasteiger partial charge in [-0.15, -0.1) is 0 Å². The van der Waals surface area contributed by atoms with E-state index in [4.69, 9.17) is 10.5 Å². The van der Waals surface area contributed by atoms with Gasteiger partial charge in [0, 0.05) is 18.7 Å². The molecule has 0 aliphatic carbocycles. The van der Waals surface area contributed by atoms with Gasteiger partial charge in [0.25, 0.3) is 0 Å². The van der Waals surface area contributed by atoms with Crippen LogP contribution in [0.3, 0.4) is 0 Å². The summed E-state index contributed by atoms with van der Waals surface area (Å²) in [7, 11) is 0. The Bertz CT molecular complexity index is 282. The van der Waals surface area contributed by atoms with Crippen molar-refractivity contribution in [3.05, 3.63) is 29.8 Å². The van der Waals surface area contributed by atoms with Gasteiger partial charge in [0.15, 0.2) is 0 Å². The Labute approximate surface area is 83.9 Å². The van der Waals surface area contributed by atoms with E-state index in [1.165, 1.54) is 0 Å². The van der Waals surface area contributed by atoms with Crippen LogP contribution in [0.15, 0.2) is 24.3 Å². The summed E-state index contributed by atoms with van der Waals surface area (Å²) in [6, 6.07) is 7.46. The molecule has 3 heteroatoms. The van der Waals surface area contributed by atoms with Crippen molar-refractivity contribution in [2.45, 2.75) is 19.4 Å². The van der Waals surface area contributed by atoms with Crippen LogP contribution in [0.4, 0.5) is 5.69 Å². The number of ether oxygens (including phenoxy) is 1. The molecule has 0 heterocycles. The van der Waals surface area contributed by atoms with Crippen molar-refractivity contribution < 1.29 is 9.53 Å². The molecule has 0 unspecified atom stereocenters. The Hall–Kier alpha value is -1.35. The van der Waals surface area contributed by atoms with Crippen molar-refractivity contribution in [1.82, 2.24) is 0 Å². The molecule has 1 aromatic carbocycles. The van der Waals surface area contributed by atoms with E-state index in [1.807, 2.05) is 31.2 Å². The molecule has 14 heavy (non-hydrogen) atoms. The molecule has 0 amide bonds. The molecule has 1 atom stereocenters. The maximum atomic E-state index is 10.6. The van der Waals surface area contributed by atoms with E-state index < -0.39 is 0 Å². The van der Waals surface area contributed by atoms with Gasteiger partial charge in [0.05, 0.1) is 0 Å². The predicted octanol–water partition coefficient (Wildman–Crippen LogP) is 1.42. The number of hydrogen-bond donors (Lipinski definition) is 1. The Morgan fingerprint density at radius 1 is 1.43 bits per heavy atom. The number of aldehydes is 1. The highest BCUT2D eigenvalue weighted by atomic mass is 16.5. The zero-order chi connectivity index (χ0) is 10.4. The van der Waals surface area contributed by atoms with Gasteiger partial charge in [-0.05, 0) is 24.6 Å². The Morgan fingerprint density at radius 2 is 2.07 bits per heavy atom. The number of nitrogen functional groups attached to an aromatic ring is 1. The van der Waals surface area contributed by atoms with Crippen LogP contribution in [0.1, 0.15) is 12.5 Å². The van der Waals surface area contributed by atoms with E-state index in [9.17, 15) is 4.79 Å². The fraction of sp³-hybridized carbons (Fsp3) is 0.364. The van der Waals surface area contributed by atoms with Crippen molar-refractivity contribution >= 4 is 12.0 Å². The van der Waals surface area contributed by atoms with Crippen LogP contribution in [-0.4, -0.2) is 19.0 Å². The molecule has 0 aliphatic rings. The lowest BCUT2D eigenvalue weighted by molar-refractivity contribution is -0.117. The molecular weight excluding hydrogens is 178 g/mol. The SMILES string of the molecule is CCO[C@H](C=O)Cc1ccc(N)cc1. The second-order valence-electron chi connectivity index (χ2n) is 3.08. The summed E-state index contributed by atoms with van der Waals surface area (Å²) < 4.78 is 5.23. The van der Waals surface area contributed by atoms with E-state index >= 15 is 0 Å². The van der Waals surface area contributed by atoms with E-state index in [-0.39, 0.29) is 6.10 Å². The van der Waals surface area contributed by atoms with E-state index in [0.717, 1.165) is 17.5 Å². The maximum Gasteiger partial charge on any atom is 0.149 e. The summed E-state index contributed by atoms with van der Waals surface area (Å²) in [5.41, 5.74) is 7.34. The molecule has 1 aromatic rings. The molecule has 2 N–H and O–H groups in total. The third-order valence-corrected chi connectivity index (χ3v) is 1.95. The van der Waals surface area contributed by atoms with Crippen LogP contribution >= 0.6 is 0 Å². The second kappa shape index (κ2) is 5.40. The van der Waals surface area contributed by atoms with Crippen LogP contribution in [0.5, 0.6) is 0 Å². The Balaban J connectivity index is 2.57. The number of rotatable bonds is 5. The molecule has 0 aliphatic heterocycles. The maximum absolute atomic E-state index is 10.6. The Kier molecular flexibility index (Phi) is 4.13. The van der Waals surface area contributed by atoms with Crippen molar-refractivity contribution in [3.63, 3.8) is 0 Å². The van der Waals surface area contributed by atoms with Crippen LogP contribution in [0.25, 0.3) is 0 Å². The van der Waals surface area contributed by atoms with Crippen LogP contribution in [0, 0.1) is 0 Å². The van der Waals surface area contributed by atoms with Gasteiger partial charge in [-0.2, -0.15) is 0 Å². The van der Waals surface area contributed by atoms with Gasteiger partial charge in [0.2, 0.25) is 0 Å². The quantitative estimate of drug-likeness (QED) is 0.568. The molecule has 0 fully saturated rings. The smallest absolute Gasteiger partial charge is 0.149 e. The number of carbonyl (C=O) groups is 1. The van der Waals surface area contributed by atoms with Crippen LogP contribution < -0.4 is 5.73 Å². The molecule has 0 saturated carbocycles. The molecule has 0 radical (unpaired) electrons. The first kappa shape index (κ1) is 10.7. The van der Waals surface area contributed by atoms with E-state index in [1.54, 1.807) is 0 Å². The Morgan fingerprint density at radius 3 is 2.57 bits per heavy atom. The van der Waals surface area contributed by atoms with Gasteiger partial charge in [-0.3, -0.25) is 0 Å². The standard InChI is InChI=1S/C11H15NO2/c1-2-14-11(8-13)7-9-3-5-10(12)6-4-9/h3-6,8,11H,2,7,12H2,1H3/t11-/m0/s1. The number of anilines is 1. The number of hydrogen-bond acceptors (Lipinski definition) is 3. The highest BCUT2D eigenvalue weighted by Gasteiger charge is 2.07. The summed E-state index contributed by atoms with van der Waals surface area (Å²) in [4.78, 5) is 10.6. The summed E-state index contributed by atoms with van der Waals surface area (Å²) in [6.45, 7) is 2.43. The first-order valence-electron chi connectivity index (χ1n) is 4.67. The average Bonchev–Trinajstić information content (AvgIpc) is 2.20. The molecule has 76 valence electrons. The van der Waals surface area contributed by atoms with Crippen molar-refractivity contribution in [1.29, 1.82) is 0 Å².